The molecule has 0 saturated heterocycles. The average molecular weight is 287 g/mol. The third-order valence-corrected chi connectivity index (χ3v) is 3.69. The van der Waals surface area contributed by atoms with Crippen LogP contribution in [0, 0.1) is 6.92 Å². The Morgan fingerprint density at radius 2 is 2.12 bits per heavy atom. The zero-order valence-corrected chi connectivity index (χ0v) is 11.8. The molecule has 1 aromatic rings. The van der Waals surface area contributed by atoms with Crippen LogP contribution in [0.2, 0.25) is 0 Å². The van der Waals surface area contributed by atoms with Gasteiger partial charge in [0.05, 0.1) is 15.9 Å². The standard InChI is InChI=1S/C12H19BrN2O/c1-4-6-10(16)7-5-8-11-12(13)9(2)14-15(11)3/h4-8H2,1-3H3. The van der Waals surface area contributed by atoms with Gasteiger partial charge in [0.15, 0.2) is 0 Å². The quantitative estimate of drug-likeness (QED) is 0.805. The number of ketones is 1. The van der Waals surface area contributed by atoms with Crippen LogP contribution in [0.4, 0.5) is 0 Å². The van der Waals surface area contributed by atoms with Crippen LogP contribution in [0.1, 0.15) is 44.0 Å². The van der Waals surface area contributed by atoms with Crippen molar-refractivity contribution in [2.24, 2.45) is 7.05 Å². The lowest BCUT2D eigenvalue weighted by Gasteiger charge is -2.02. The molecule has 0 fully saturated rings. The summed E-state index contributed by atoms with van der Waals surface area (Å²) in [5, 5.41) is 4.33. The number of hydrogen-bond acceptors (Lipinski definition) is 2. The van der Waals surface area contributed by atoms with Crippen molar-refractivity contribution in [2.45, 2.75) is 46.0 Å². The molecule has 1 heterocycles. The van der Waals surface area contributed by atoms with Gasteiger partial charge < -0.3 is 0 Å². The predicted molar refractivity (Wildman–Crippen MR) is 68.5 cm³/mol. The van der Waals surface area contributed by atoms with Crippen molar-refractivity contribution in [3.8, 4) is 0 Å². The van der Waals surface area contributed by atoms with E-state index >= 15 is 0 Å². The second kappa shape index (κ2) is 6.18. The third-order valence-electron chi connectivity index (χ3n) is 2.66. The minimum Gasteiger partial charge on any atom is -0.300 e. The Bertz CT molecular complexity index is 371. The summed E-state index contributed by atoms with van der Waals surface area (Å²) in [7, 11) is 1.95. The molecule has 0 saturated carbocycles. The van der Waals surface area contributed by atoms with Crippen LogP contribution < -0.4 is 0 Å². The van der Waals surface area contributed by atoms with Gasteiger partial charge in [-0.1, -0.05) is 6.92 Å². The van der Waals surface area contributed by atoms with E-state index in [0.29, 0.717) is 18.6 Å². The van der Waals surface area contributed by atoms with Crippen LogP contribution in [-0.4, -0.2) is 15.6 Å². The number of halogens is 1. The fourth-order valence-electron chi connectivity index (χ4n) is 1.81. The summed E-state index contributed by atoms with van der Waals surface area (Å²) in [6.07, 6.45) is 4.17. The number of carbonyl (C=O) groups is 1. The van der Waals surface area contributed by atoms with Crippen LogP contribution in [0.15, 0.2) is 4.47 Å². The maximum atomic E-state index is 11.4. The molecular weight excluding hydrogens is 268 g/mol. The molecule has 0 spiro atoms. The molecule has 0 N–H and O–H groups in total. The molecule has 3 nitrogen and oxygen atoms in total. The van der Waals surface area contributed by atoms with E-state index in [4.69, 9.17) is 0 Å². The smallest absolute Gasteiger partial charge is 0.132 e. The highest BCUT2D eigenvalue weighted by molar-refractivity contribution is 9.10. The van der Waals surface area contributed by atoms with Crippen molar-refractivity contribution in [2.75, 3.05) is 0 Å². The Kier molecular flexibility index (Phi) is 5.19. The van der Waals surface area contributed by atoms with E-state index < -0.39 is 0 Å². The van der Waals surface area contributed by atoms with E-state index in [9.17, 15) is 4.79 Å². The number of hydrogen-bond donors (Lipinski definition) is 0. The first kappa shape index (κ1) is 13.4. The van der Waals surface area contributed by atoms with Gasteiger partial charge in [0, 0.05) is 19.9 Å². The normalized spacial score (nSPS) is 10.8. The Hall–Kier alpha value is -0.640. The third kappa shape index (κ3) is 3.44. The Morgan fingerprint density at radius 1 is 1.44 bits per heavy atom. The first-order valence-corrected chi connectivity index (χ1v) is 6.55. The molecule has 0 aliphatic rings. The molecule has 0 atom stereocenters. The van der Waals surface area contributed by atoms with Gasteiger partial charge >= 0.3 is 0 Å². The van der Waals surface area contributed by atoms with Crippen molar-refractivity contribution < 1.29 is 4.79 Å². The molecule has 1 rings (SSSR count). The summed E-state index contributed by atoms with van der Waals surface area (Å²) in [5.41, 5.74) is 2.19. The highest BCUT2D eigenvalue weighted by Gasteiger charge is 2.10. The molecule has 16 heavy (non-hydrogen) atoms. The second-order valence-corrected chi connectivity index (χ2v) is 4.90. The van der Waals surface area contributed by atoms with E-state index in [-0.39, 0.29) is 0 Å². The van der Waals surface area contributed by atoms with Gasteiger partial charge in [0.1, 0.15) is 5.78 Å². The summed E-state index contributed by atoms with van der Waals surface area (Å²) in [5.74, 6) is 0.373. The maximum Gasteiger partial charge on any atom is 0.132 e. The average Bonchev–Trinajstić information content (AvgIpc) is 2.45. The predicted octanol–water partition coefficient (Wildman–Crippen LogP) is 3.18. The molecule has 0 aromatic carbocycles. The summed E-state index contributed by atoms with van der Waals surface area (Å²) in [6, 6.07) is 0. The Labute approximate surface area is 105 Å². The van der Waals surface area contributed by atoms with E-state index in [1.807, 2.05) is 25.6 Å². The van der Waals surface area contributed by atoms with Crippen molar-refractivity contribution in [3.05, 3.63) is 15.9 Å². The molecule has 0 aliphatic heterocycles. The monoisotopic (exact) mass is 286 g/mol. The lowest BCUT2D eigenvalue weighted by atomic mass is 10.1. The maximum absolute atomic E-state index is 11.4. The van der Waals surface area contributed by atoms with Crippen LogP contribution in [0.25, 0.3) is 0 Å². The summed E-state index contributed by atoms with van der Waals surface area (Å²) in [4.78, 5) is 11.4. The largest absolute Gasteiger partial charge is 0.300 e. The number of rotatable bonds is 6. The van der Waals surface area contributed by atoms with Crippen LogP contribution >= 0.6 is 15.9 Å². The molecule has 0 aliphatic carbocycles. The molecular formula is C12H19BrN2O. The molecule has 1 aromatic heterocycles. The van der Waals surface area contributed by atoms with Gasteiger partial charge in [0.25, 0.3) is 0 Å². The van der Waals surface area contributed by atoms with E-state index in [1.165, 1.54) is 5.69 Å². The minimum absolute atomic E-state index is 0.373. The van der Waals surface area contributed by atoms with Crippen LogP contribution in [0.3, 0.4) is 0 Å². The first-order valence-electron chi connectivity index (χ1n) is 5.76. The number of nitrogens with zero attached hydrogens (tertiary/aromatic N) is 2. The molecule has 0 amide bonds. The second-order valence-electron chi connectivity index (χ2n) is 4.11. The SMILES string of the molecule is CCCC(=O)CCCc1c(Br)c(C)nn1C. The van der Waals surface area contributed by atoms with Crippen molar-refractivity contribution in [1.82, 2.24) is 9.78 Å². The van der Waals surface area contributed by atoms with Crippen LogP contribution in [-0.2, 0) is 18.3 Å². The van der Waals surface area contributed by atoms with Gasteiger partial charge in [-0.2, -0.15) is 5.10 Å². The number of carbonyl (C=O) groups excluding carboxylic acids is 1. The highest BCUT2D eigenvalue weighted by Crippen LogP contribution is 2.21. The van der Waals surface area contributed by atoms with Gasteiger partial charge in [-0.3, -0.25) is 9.48 Å². The minimum atomic E-state index is 0.373. The summed E-state index contributed by atoms with van der Waals surface area (Å²) >= 11 is 3.53. The zero-order valence-electron chi connectivity index (χ0n) is 10.2. The van der Waals surface area contributed by atoms with Crippen molar-refractivity contribution >= 4 is 21.7 Å². The molecule has 0 radical (unpaired) electrons. The topological polar surface area (TPSA) is 34.9 Å². The van der Waals surface area contributed by atoms with E-state index in [0.717, 1.165) is 29.4 Å². The number of Topliss-reactive ketones (excluding diaryl/α,β-unsaturated/α-hetero) is 1. The van der Waals surface area contributed by atoms with Crippen LogP contribution in [0.5, 0.6) is 0 Å². The highest BCUT2D eigenvalue weighted by atomic mass is 79.9. The Morgan fingerprint density at radius 3 is 2.62 bits per heavy atom. The van der Waals surface area contributed by atoms with E-state index in [2.05, 4.69) is 21.0 Å². The Balaban J connectivity index is 2.46. The molecule has 90 valence electrons. The lowest BCUT2D eigenvalue weighted by molar-refractivity contribution is -0.119. The number of aromatic nitrogens is 2. The van der Waals surface area contributed by atoms with Crippen molar-refractivity contribution in [1.29, 1.82) is 0 Å². The molecule has 0 unspecified atom stereocenters. The van der Waals surface area contributed by atoms with Gasteiger partial charge in [-0.25, -0.2) is 0 Å². The summed E-state index contributed by atoms with van der Waals surface area (Å²) in [6.45, 7) is 4.02. The zero-order chi connectivity index (χ0) is 12.1. The molecule has 0 bridgehead atoms. The van der Waals surface area contributed by atoms with Gasteiger partial charge in [-0.15, -0.1) is 0 Å². The van der Waals surface area contributed by atoms with Gasteiger partial charge in [-0.05, 0) is 42.1 Å². The lowest BCUT2D eigenvalue weighted by Crippen LogP contribution is -2.02. The molecule has 4 heteroatoms. The fourth-order valence-corrected chi connectivity index (χ4v) is 2.34. The number of aryl methyl sites for hydroxylation is 2. The first-order chi connectivity index (χ1) is 7.56. The van der Waals surface area contributed by atoms with Gasteiger partial charge in [0.2, 0.25) is 0 Å². The summed E-state index contributed by atoms with van der Waals surface area (Å²) < 4.78 is 2.97. The fraction of sp³-hybridized carbons (Fsp3) is 0.667. The van der Waals surface area contributed by atoms with Crippen molar-refractivity contribution in [3.63, 3.8) is 0 Å². The van der Waals surface area contributed by atoms with E-state index in [1.54, 1.807) is 0 Å².